The standard InChI is InChI=1S/C18H24N4O5S2/c1-11(17(23)19-14-9-13(26-3)5-6-15(14)27-4)28-18-21-20-16(22(18)2)12-7-8-29(24,25)10-12/h5-6,9,11-12H,7-8,10H2,1-4H3,(H,19,23). The van der Waals surface area contributed by atoms with Gasteiger partial charge in [0.1, 0.15) is 17.3 Å². The van der Waals surface area contributed by atoms with Crippen molar-refractivity contribution in [2.24, 2.45) is 7.05 Å². The Morgan fingerprint density at radius 2 is 2.07 bits per heavy atom. The maximum atomic E-state index is 12.7. The molecule has 1 fully saturated rings. The number of carbonyl (C=O) groups excluding carboxylic acids is 1. The lowest BCUT2D eigenvalue weighted by molar-refractivity contribution is -0.115. The summed E-state index contributed by atoms with van der Waals surface area (Å²) in [5, 5.41) is 11.3. The lowest BCUT2D eigenvalue weighted by Crippen LogP contribution is -2.23. The highest BCUT2D eigenvalue weighted by molar-refractivity contribution is 8.00. The topological polar surface area (TPSA) is 112 Å². The van der Waals surface area contributed by atoms with Crippen LogP contribution in [0.5, 0.6) is 11.5 Å². The number of sulfone groups is 1. The van der Waals surface area contributed by atoms with Crippen LogP contribution in [-0.4, -0.2) is 60.1 Å². The zero-order valence-corrected chi connectivity index (χ0v) is 18.3. The van der Waals surface area contributed by atoms with Gasteiger partial charge in [0.25, 0.3) is 0 Å². The van der Waals surface area contributed by atoms with Crippen LogP contribution in [0.2, 0.25) is 0 Å². The van der Waals surface area contributed by atoms with Gasteiger partial charge in [-0.25, -0.2) is 8.42 Å². The van der Waals surface area contributed by atoms with Gasteiger partial charge in [0.05, 0.1) is 36.7 Å². The number of methoxy groups -OCH3 is 2. The number of thioether (sulfide) groups is 1. The number of nitrogens with one attached hydrogen (secondary N) is 1. The first-order valence-corrected chi connectivity index (χ1v) is 11.7. The van der Waals surface area contributed by atoms with Gasteiger partial charge in [-0.3, -0.25) is 4.79 Å². The molecule has 0 bridgehead atoms. The van der Waals surface area contributed by atoms with E-state index in [4.69, 9.17) is 9.47 Å². The molecule has 0 radical (unpaired) electrons. The molecule has 9 nitrogen and oxygen atoms in total. The van der Waals surface area contributed by atoms with E-state index in [1.165, 1.54) is 18.9 Å². The van der Waals surface area contributed by atoms with Crippen LogP contribution in [0.25, 0.3) is 0 Å². The highest BCUT2D eigenvalue weighted by atomic mass is 32.2. The Labute approximate surface area is 174 Å². The first-order valence-electron chi connectivity index (χ1n) is 9.03. The van der Waals surface area contributed by atoms with Crippen molar-refractivity contribution in [3.05, 3.63) is 24.0 Å². The van der Waals surface area contributed by atoms with Gasteiger partial charge in [0, 0.05) is 19.0 Å². The van der Waals surface area contributed by atoms with Crippen molar-refractivity contribution in [3.8, 4) is 11.5 Å². The molecule has 1 amide bonds. The van der Waals surface area contributed by atoms with Crippen LogP contribution in [0, 0.1) is 0 Å². The quantitative estimate of drug-likeness (QED) is 0.649. The molecule has 3 rings (SSSR count). The first-order chi connectivity index (χ1) is 13.7. The molecule has 2 aromatic rings. The van der Waals surface area contributed by atoms with Crippen molar-refractivity contribution in [2.45, 2.75) is 29.7 Å². The predicted molar refractivity (Wildman–Crippen MR) is 111 cm³/mol. The van der Waals surface area contributed by atoms with Crippen LogP contribution in [0.15, 0.2) is 23.4 Å². The van der Waals surface area contributed by atoms with Crippen molar-refractivity contribution in [3.63, 3.8) is 0 Å². The van der Waals surface area contributed by atoms with E-state index in [9.17, 15) is 13.2 Å². The number of aromatic nitrogens is 3. The molecule has 0 aliphatic carbocycles. The number of hydrogen-bond donors (Lipinski definition) is 1. The third-order valence-electron chi connectivity index (χ3n) is 4.78. The van der Waals surface area contributed by atoms with Gasteiger partial charge in [-0.15, -0.1) is 10.2 Å². The minimum absolute atomic E-state index is 0.0926. The number of anilines is 1. The van der Waals surface area contributed by atoms with Gasteiger partial charge in [-0.2, -0.15) is 0 Å². The van der Waals surface area contributed by atoms with Gasteiger partial charge >= 0.3 is 0 Å². The summed E-state index contributed by atoms with van der Waals surface area (Å²) in [6, 6.07) is 5.16. The third-order valence-corrected chi connectivity index (χ3v) is 7.68. The Morgan fingerprint density at radius 1 is 1.31 bits per heavy atom. The van der Waals surface area contributed by atoms with Crippen molar-refractivity contribution in [1.82, 2.24) is 14.8 Å². The maximum absolute atomic E-state index is 12.7. The molecule has 158 valence electrons. The van der Waals surface area contributed by atoms with Crippen LogP contribution in [-0.2, 0) is 21.7 Å². The summed E-state index contributed by atoms with van der Waals surface area (Å²) in [7, 11) is 1.86. The molecule has 1 N–H and O–H groups in total. The Kier molecular flexibility index (Phi) is 6.37. The van der Waals surface area contributed by atoms with Crippen molar-refractivity contribution in [2.75, 3.05) is 31.0 Å². The molecule has 1 aromatic carbocycles. The zero-order chi connectivity index (χ0) is 21.2. The Morgan fingerprint density at radius 3 is 2.69 bits per heavy atom. The first kappa shape index (κ1) is 21.4. The van der Waals surface area contributed by atoms with Gasteiger partial charge in [0.15, 0.2) is 15.0 Å². The third kappa shape index (κ3) is 4.84. The highest BCUT2D eigenvalue weighted by Gasteiger charge is 2.33. The fraction of sp³-hybridized carbons (Fsp3) is 0.500. The molecule has 2 atom stereocenters. The monoisotopic (exact) mass is 440 g/mol. The number of ether oxygens (including phenoxy) is 2. The summed E-state index contributed by atoms with van der Waals surface area (Å²) in [5.74, 6) is 1.65. The number of benzene rings is 1. The van der Waals surface area contributed by atoms with E-state index in [0.717, 1.165) is 0 Å². The average Bonchev–Trinajstić information content (AvgIpc) is 3.23. The Hall–Kier alpha value is -2.27. The molecule has 1 saturated heterocycles. The predicted octanol–water partition coefficient (Wildman–Crippen LogP) is 1.85. The van der Waals surface area contributed by atoms with Crippen LogP contribution >= 0.6 is 11.8 Å². The van der Waals surface area contributed by atoms with E-state index >= 15 is 0 Å². The van der Waals surface area contributed by atoms with Crippen LogP contribution < -0.4 is 14.8 Å². The lowest BCUT2D eigenvalue weighted by atomic mass is 10.1. The SMILES string of the molecule is COc1ccc(OC)c(NC(=O)C(C)Sc2nnc(C3CCS(=O)(=O)C3)n2C)c1. The second-order valence-corrected chi connectivity index (χ2v) is 10.4. The summed E-state index contributed by atoms with van der Waals surface area (Å²) >= 11 is 1.26. The molecule has 1 aromatic heterocycles. The van der Waals surface area contributed by atoms with E-state index < -0.39 is 15.1 Å². The van der Waals surface area contributed by atoms with E-state index in [2.05, 4.69) is 15.5 Å². The zero-order valence-electron chi connectivity index (χ0n) is 16.7. The van der Waals surface area contributed by atoms with Gasteiger partial charge < -0.3 is 19.4 Å². The summed E-state index contributed by atoms with van der Waals surface area (Å²) in [6.45, 7) is 1.76. The van der Waals surface area contributed by atoms with E-state index in [0.29, 0.717) is 34.6 Å². The molecular formula is C18H24N4O5S2. The number of nitrogens with zero attached hydrogens (tertiary/aromatic N) is 3. The van der Waals surface area contributed by atoms with Crippen molar-refractivity contribution >= 4 is 33.2 Å². The lowest BCUT2D eigenvalue weighted by Gasteiger charge is -2.15. The molecule has 1 aliphatic rings. The van der Waals surface area contributed by atoms with E-state index in [-0.39, 0.29) is 23.3 Å². The van der Waals surface area contributed by atoms with Gasteiger partial charge in [0.2, 0.25) is 5.91 Å². The second kappa shape index (κ2) is 8.62. The second-order valence-electron chi connectivity index (χ2n) is 6.82. The number of amides is 1. The molecule has 11 heteroatoms. The fourth-order valence-corrected chi connectivity index (χ4v) is 5.70. The molecule has 29 heavy (non-hydrogen) atoms. The molecule has 1 aliphatic heterocycles. The summed E-state index contributed by atoms with van der Waals surface area (Å²) in [6.07, 6.45) is 0.546. The number of carbonyl (C=O) groups is 1. The van der Waals surface area contributed by atoms with Gasteiger partial charge in [-0.05, 0) is 25.5 Å². The summed E-state index contributed by atoms with van der Waals surface area (Å²) in [4.78, 5) is 12.7. The fourth-order valence-electron chi connectivity index (χ4n) is 3.14. The van der Waals surface area contributed by atoms with Crippen molar-refractivity contribution in [1.29, 1.82) is 0 Å². The van der Waals surface area contributed by atoms with Crippen LogP contribution in [0.4, 0.5) is 5.69 Å². The van der Waals surface area contributed by atoms with E-state index in [1.54, 1.807) is 43.8 Å². The van der Waals surface area contributed by atoms with E-state index in [1.807, 2.05) is 0 Å². The smallest absolute Gasteiger partial charge is 0.237 e. The largest absolute Gasteiger partial charge is 0.497 e. The van der Waals surface area contributed by atoms with Crippen LogP contribution in [0.3, 0.4) is 0 Å². The van der Waals surface area contributed by atoms with Gasteiger partial charge in [-0.1, -0.05) is 11.8 Å². The summed E-state index contributed by atoms with van der Waals surface area (Å²) < 4.78 is 35.7. The molecule has 2 heterocycles. The van der Waals surface area contributed by atoms with Crippen molar-refractivity contribution < 1.29 is 22.7 Å². The average molecular weight is 441 g/mol. The molecule has 0 spiro atoms. The minimum Gasteiger partial charge on any atom is -0.497 e. The van der Waals surface area contributed by atoms with Crippen LogP contribution in [0.1, 0.15) is 25.1 Å². The molecule has 2 unspecified atom stereocenters. The number of hydrogen-bond acceptors (Lipinski definition) is 8. The Bertz CT molecular complexity index is 1010. The highest BCUT2D eigenvalue weighted by Crippen LogP contribution is 2.32. The normalized spacial score (nSPS) is 19.0. The Balaban J connectivity index is 1.69. The maximum Gasteiger partial charge on any atom is 0.237 e. The summed E-state index contributed by atoms with van der Waals surface area (Å²) in [5.41, 5.74) is 0.513. The molecular weight excluding hydrogens is 416 g/mol. The minimum atomic E-state index is -3.01. The molecule has 0 saturated carbocycles. The number of rotatable bonds is 7.